The molecule has 1 aromatic heterocycles. The van der Waals surface area contributed by atoms with Crippen molar-refractivity contribution in [3.8, 4) is 5.75 Å². The molecular formula is C15H20N2O2. The molecule has 0 saturated heterocycles. The fourth-order valence-electron chi connectivity index (χ4n) is 2.11. The SMILES string of the molecule is COc1cccc(CC(O)CCc2nccn2C)c1. The summed E-state index contributed by atoms with van der Waals surface area (Å²) in [6.07, 6.45) is 5.48. The maximum Gasteiger partial charge on any atom is 0.119 e. The summed E-state index contributed by atoms with van der Waals surface area (Å²) < 4.78 is 7.16. The van der Waals surface area contributed by atoms with Gasteiger partial charge in [-0.05, 0) is 30.5 Å². The summed E-state index contributed by atoms with van der Waals surface area (Å²) in [6, 6.07) is 7.82. The Morgan fingerprint density at radius 3 is 2.95 bits per heavy atom. The number of methoxy groups -OCH3 is 1. The van der Waals surface area contributed by atoms with Crippen LogP contribution in [0, 0.1) is 0 Å². The molecule has 1 heterocycles. The van der Waals surface area contributed by atoms with Gasteiger partial charge in [-0.1, -0.05) is 12.1 Å². The Kier molecular flexibility index (Phi) is 4.58. The van der Waals surface area contributed by atoms with E-state index in [-0.39, 0.29) is 6.10 Å². The fourth-order valence-corrected chi connectivity index (χ4v) is 2.11. The van der Waals surface area contributed by atoms with E-state index in [0.29, 0.717) is 12.8 Å². The number of aliphatic hydroxyl groups is 1. The molecule has 0 fully saturated rings. The third kappa shape index (κ3) is 3.83. The first-order chi connectivity index (χ1) is 9.19. The van der Waals surface area contributed by atoms with E-state index >= 15 is 0 Å². The number of hydrogen-bond donors (Lipinski definition) is 1. The van der Waals surface area contributed by atoms with Crippen LogP contribution in [0.3, 0.4) is 0 Å². The van der Waals surface area contributed by atoms with E-state index in [0.717, 1.165) is 23.6 Å². The van der Waals surface area contributed by atoms with Crippen molar-refractivity contribution in [2.75, 3.05) is 7.11 Å². The van der Waals surface area contributed by atoms with E-state index in [9.17, 15) is 5.11 Å². The molecule has 19 heavy (non-hydrogen) atoms. The number of aryl methyl sites for hydroxylation is 2. The lowest BCUT2D eigenvalue weighted by Gasteiger charge is -2.11. The first-order valence-electron chi connectivity index (χ1n) is 6.46. The van der Waals surface area contributed by atoms with E-state index in [2.05, 4.69) is 4.98 Å². The first kappa shape index (κ1) is 13.6. The highest BCUT2D eigenvalue weighted by atomic mass is 16.5. The standard InChI is InChI=1S/C15H20N2O2/c1-17-9-8-16-15(17)7-6-13(18)10-12-4-3-5-14(11-12)19-2/h3-5,8-9,11,13,18H,6-7,10H2,1-2H3. The van der Waals surface area contributed by atoms with E-state index in [1.807, 2.05) is 42.1 Å². The Morgan fingerprint density at radius 1 is 1.42 bits per heavy atom. The maximum atomic E-state index is 10.1. The number of hydrogen-bond acceptors (Lipinski definition) is 3. The van der Waals surface area contributed by atoms with Crippen LogP contribution in [0.2, 0.25) is 0 Å². The van der Waals surface area contributed by atoms with E-state index in [1.165, 1.54) is 0 Å². The number of benzene rings is 1. The predicted molar refractivity (Wildman–Crippen MR) is 74.2 cm³/mol. The topological polar surface area (TPSA) is 47.3 Å². The smallest absolute Gasteiger partial charge is 0.119 e. The minimum Gasteiger partial charge on any atom is -0.497 e. The number of aliphatic hydroxyl groups excluding tert-OH is 1. The molecule has 1 atom stereocenters. The third-order valence-electron chi connectivity index (χ3n) is 3.23. The molecule has 2 rings (SSSR count). The largest absolute Gasteiger partial charge is 0.497 e. The Hall–Kier alpha value is -1.81. The Labute approximate surface area is 113 Å². The number of imidazole rings is 1. The van der Waals surface area contributed by atoms with Gasteiger partial charge in [0.1, 0.15) is 11.6 Å². The molecule has 0 saturated carbocycles. The van der Waals surface area contributed by atoms with Crippen molar-refractivity contribution in [1.29, 1.82) is 0 Å². The highest BCUT2D eigenvalue weighted by Crippen LogP contribution is 2.15. The zero-order chi connectivity index (χ0) is 13.7. The Bertz CT molecular complexity index is 522. The van der Waals surface area contributed by atoms with Gasteiger partial charge < -0.3 is 14.4 Å². The van der Waals surface area contributed by atoms with Crippen LogP contribution in [0.4, 0.5) is 0 Å². The quantitative estimate of drug-likeness (QED) is 0.863. The average molecular weight is 260 g/mol. The van der Waals surface area contributed by atoms with E-state index in [1.54, 1.807) is 13.3 Å². The second-order valence-electron chi connectivity index (χ2n) is 4.70. The van der Waals surface area contributed by atoms with Gasteiger partial charge in [-0.3, -0.25) is 0 Å². The van der Waals surface area contributed by atoms with Gasteiger partial charge in [0.15, 0.2) is 0 Å². The number of rotatable bonds is 6. The predicted octanol–water partition coefficient (Wildman–Crippen LogP) is 1.96. The monoisotopic (exact) mass is 260 g/mol. The van der Waals surface area contributed by atoms with Crippen molar-refractivity contribution in [3.63, 3.8) is 0 Å². The molecule has 102 valence electrons. The van der Waals surface area contributed by atoms with Crippen LogP contribution < -0.4 is 4.74 Å². The zero-order valence-electron chi connectivity index (χ0n) is 11.4. The average Bonchev–Trinajstić information content (AvgIpc) is 2.82. The fraction of sp³-hybridized carbons (Fsp3) is 0.400. The van der Waals surface area contributed by atoms with Crippen molar-refractivity contribution in [2.24, 2.45) is 7.05 Å². The van der Waals surface area contributed by atoms with Gasteiger partial charge in [0.25, 0.3) is 0 Å². The summed E-state index contributed by atoms with van der Waals surface area (Å²) in [6.45, 7) is 0. The maximum absolute atomic E-state index is 10.1. The lowest BCUT2D eigenvalue weighted by atomic mass is 10.0. The lowest BCUT2D eigenvalue weighted by molar-refractivity contribution is 0.164. The third-order valence-corrected chi connectivity index (χ3v) is 3.23. The highest BCUT2D eigenvalue weighted by Gasteiger charge is 2.08. The van der Waals surface area contributed by atoms with Gasteiger partial charge in [-0.15, -0.1) is 0 Å². The molecule has 4 heteroatoms. The molecule has 0 aliphatic rings. The van der Waals surface area contributed by atoms with Gasteiger partial charge in [0, 0.05) is 25.9 Å². The molecule has 0 aliphatic heterocycles. The molecule has 1 N–H and O–H groups in total. The van der Waals surface area contributed by atoms with Gasteiger partial charge in [-0.2, -0.15) is 0 Å². The Balaban J connectivity index is 1.87. The van der Waals surface area contributed by atoms with Crippen molar-refractivity contribution in [1.82, 2.24) is 9.55 Å². The summed E-state index contributed by atoms with van der Waals surface area (Å²) in [5, 5.41) is 10.1. The molecule has 0 bridgehead atoms. The van der Waals surface area contributed by atoms with Crippen LogP contribution in [-0.2, 0) is 19.9 Å². The number of ether oxygens (including phenoxy) is 1. The summed E-state index contributed by atoms with van der Waals surface area (Å²) in [5.74, 6) is 1.83. The summed E-state index contributed by atoms with van der Waals surface area (Å²) in [4.78, 5) is 4.25. The van der Waals surface area contributed by atoms with E-state index in [4.69, 9.17) is 4.74 Å². The molecule has 0 aliphatic carbocycles. The minimum absolute atomic E-state index is 0.358. The molecule has 0 radical (unpaired) electrons. The normalized spacial score (nSPS) is 12.4. The number of nitrogens with zero attached hydrogens (tertiary/aromatic N) is 2. The summed E-state index contributed by atoms with van der Waals surface area (Å²) in [7, 11) is 3.62. The molecular weight excluding hydrogens is 240 g/mol. The zero-order valence-corrected chi connectivity index (χ0v) is 11.4. The second kappa shape index (κ2) is 6.38. The van der Waals surface area contributed by atoms with Crippen molar-refractivity contribution >= 4 is 0 Å². The van der Waals surface area contributed by atoms with Crippen LogP contribution >= 0.6 is 0 Å². The molecule has 2 aromatic rings. The van der Waals surface area contributed by atoms with Crippen LogP contribution in [-0.4, -0.2) is 27.9 Å². The second-order valence-corrected chi connectivity index (χ2v) is 4.70. The van der Waals surface area contributed by atoms with Crippen molar-refractivity contribution in [3.05, 3.63) is 48.0 Å². The molecule has 0 spiro atoms. The van der Waals surface area contributed by atoms with Crippen LogP contribution in [0.15, 0.2) is 36.7 Å². The van der Waals surface area contributed by atoms with Gasteiger partial charge in [0.2, 0.25) is 0 Å². The highest BCUT2D eigenvalue weighted by molar-refractivity contribution is 5.28. The number of aromatic nitrogens is 2. The Morgan fingerprint density at radius 2 is 2.26 bits per heavy atom. The van der Waals surface area contributed by atoms with Crippen molar-refractivity contribution in [2.45, 2.75) is 25.4 Å². The molecule has 4 nitrogen and oxygen atoms in total. The molecule has 1 aromatic carbocycles. The summed E-state index contributed by atoms with van der Waals surface area (Å²) in [5.41, 5.74) is 1.09. The summed E-state index contributed by atoms with van der Waals surface area (Å²) >= 11 is 0. The first-order valence-corrected chi connectivity index (χ1v) is 6.46. The van der Waals surface area contributed by atoms with Crippen LogP contribution in [0.5, 0.6) is 5.75 Å². The van der Waals surface area contributed by atoms with Crippen molar-refractivity contribution < 1.29 is 9.84 Å². The van der Waals surface area contributed by atoms with E-state index < -0.39 is 0 Å². The van der Waals surface area contributed by atoms with Gasteiger partial charge in [-0.25, -0.2) is 4.98 Å². The molecule has 0 amide bonds. The van der Waals surface area contributed by atoms with Crippen LogP contribution in [0.25, 0.3) is 0 Å². The van der Waals surface area contributed by atoms with Gasteiger partial charge in [0.05, 0.1) is 13.2 Å². The lowest BCUT2D eigenvalue weighted by Crippen LogP contribution is -2.13. The molecule has 1 unspecified atom stereocenters. The van der Waals surface area contributed by atoms with Crippen LogP contribution in [0.1, 0.15) is 17.8 Å². The van der Waals surface area contributed by atoms with Gasteiger partial charge >= 0.3 is 0 Å². The minimum atomic E-state index is -0.358.